The molecule has 0 amide bonds. The Bertz CT molecular complexity index is 630. The third kappa shape index (κ3) is 2.48. The molecule has 1 atom stereocenters. The monoisotopic (exact) mass is 332 g/mol. The minimum absolute atomic E-state index is 0.359. The molecule has 1 unspecified atom stereocenters. The van der Waals surface area contributed by atoms with Gasteiger partial charge in [0.2, 0.25) is 0 Å². The Kier molecular flexibility index (Phi) is 5.02. The van der Waals surface area contributed by atoms with E-state index in [1.54, 1.807) is 7.11 Å². The van der Waals surface area contributed by atoms with E-state index in [4.69, 9.17) is 14.2 Å². The Balaban J connectivity index is 2.46. The van der Waals surface area contributed by atoms with Crippen LogP contribution >= 0.6 is 0 Å². The van der Waals surface area contributed by atoms with Gasteiger partial charge in [-0.05, 0) is 36.1 Å². The van der Waals surface area contributed by atoms with Crippen molar-refractivity contribution in [3.05, 3.63) is 36.4 Å². The van der Waals surface area contributed by atoms with Crippen LogP contribution in [-0.4, -0.2) is 33.3 Å². The second kappa shape index (κ2) is 6.67. The molecular formula is C19H24O5. The topological polar surface area (TPSA) is 61.8 Å². The van der Waals surface area contributed by atoms with Crippen molar-refractivity contribution in [2.75, 3.05) is 21.3 Å². The van der Waals surface area contributed by atoms with Crippen molar-refractivity contribution in [2.45, 2.75) is 26.2 Å². The maximum atomic E-state index is 12.4. The number of esters is 2. The van der Waals surface area contributed by atoms with Gasteiger partial charge in [0.15, 0.2) is 5.41 Å². The summed E-state index contributed by atoms with van der Waals surface area (Å²) in [4.78, 5) is 24.9. The normalized spacial score (nSPS) is 20.8. The van der Waals surface area contributed by atoms with Crippen LogP contribution in [0.5, 0.6) is 5.75 Å². The predicted octanol–water partition coefficient (Wildman–Crippen LogP) is 3.23. The lowest BCUT2D eigenvalue weighted by Crippen LogP contribution is -2.34. The van der Waals surface area contributed by atoms with Crippen molar-refractivity contribution in [2.24, 2.45) is 10.8 Å². The average molecular weight is 332 g/mol. The first-order valence-corrected chi connectivity index (χ1v) is 7.94. The van der Waals surface area contributed by atoms with Gasteiger partial charge in [0.1, 0.15) is 5.75 Å². The first-order valence-electron chi connectivity index (χ1n) is 7.94. The molecule has 0 aromatic heterocycles. The fourth-order valence-electron chi connectivity index (χ4n) is 3.69. The van der Waals surface area contributed by atoms with Crippen LogP contribution < -0.4 is 4.74 Å². The fourth-order valence-corrected chi connectivity index (χ4v) is 3.69. The van der Waals surface area contributed by atoms with Crippen molar-refractivity contribution in [1.82, 2.24) is 0 Å². The minimum Gasteiger partial charge on any atom is -0.497 e. The molecule has 1 aliphatic rings. The number of allylic oxidation sites excluding steroid dienone is 1. The number of carbonyl (C=O) groups excluding carboxylic acids is 2. The SMILES string of the molecule is C=C(c1ccc(OC)cc1)C1(CCC)CC1(C(=O)OC)C(=O)OC. The molecule has 1 fully saturated rings. The summed E-state index contributed by atoms with van der Waals surface area (Å²) in [6.07, 6.45) is 1.82. The molecule has 5 nitrogen and oxygen atoms in total. The fraction of sp³-hybridized carbons (Fsp3) is 0.474. The zero-order valence-corrected chi connectivity index (χ0v) is 14.7. The third-order valence-electron chi connectivity index (χ3n) is 5.02. The highest BCUT2D eigenvalue weighted by atomic mass is 16.5. The van der Waals surface area contributed by atoms with Gasteiger partial charge in [0.05, 0.1) is 21.3 Å². The predicted molar refractivity (Wildman–Crippen MR) is 90.5 cm³/mol. The summed E-state index contributed by atoms with van der Waals surface area (Å²) in [5.74, 6) is -0.381. The van der Waals surface area contributed by atoms with Gasteiger partial charge >= 0.3 is 11.9 Å². The van der Waals surface area contributed by atoms with Crippen LogP contribution in [0.15, 0.2) is 30.8 Å². The van der Waals surface area contributed by atoms with Gasteiger partial charge in [0, 0.05) is 5.41 Å². The molecule has 130 valence electrons. The molecule has 1 saturated carbocycles. The zero-order valence-electron chi connectivity index (χ0n) is 14.7. The summed E-state index contributed by atoms with van der Waals surface area (Å²) in [6, 6.07) is 7.44. The summed E-state index contributed by atoms with van der Waals surface area (Å²) in [6.45, 7) is 6.22. The lowest BCUT2D eigenvalue weighted by Gasteiger charge is -2.25. The minimum atomic E-state index is -1.30. The molecule has 0 heterocycles. The Morgan fingerprint density at radius 1 is 1.08 bits per heavy atom. The molecule has 24 heavy (non-hydrogen) atoms. The Morgan fingerprint density at radius 3 is 2.04 bits per heavy atom. The number of methoxy groups -OCH3 is 3. The van der Waals surface area contributed by atoms with Crippen LogP contribution in [0.1, 0.15) is 31.7 Å². The van der Waals surface area contributed by atoms with Crippen LogP contribution in [0.25, 0.3) is 5.57 Å². The first-order chi connectivity index (χ1) is 11.4. The summed E-state index contributed by atoms with van der Waals surface area (Å²) in [7, 11) is 4.18. The van der Waals surface area contributed by atoms with Gasteiger partial charge in [-0.3, -0.25) is 9.59 Å². The number of hydrogen-bond donors (Lipinski definition) is 0. The van der Waals surface area contributed by atoms with E-state index in [0.29, 0.717) is 12.8 Å². The van der Waals surface area contributed by atoms with Crippen molar-refractivity contribution >= 4 is 17.5 Å². The quantitative estimate of drug-likeness (QED) is 0.567. The maximum Gasteiger partial charge on any atom is 0.324 e. The molecule has 0 bridgehead atoms. The Labute approximate surface area is 142 Å². The van der Waals surface area contributed by atoms with E-state index < -0.39 is 22.8 Å². The van der Waals surface area contributed by atoms with Crippen molar-refractivity contribution in [3.8, 4) is 5.75 Å². The molecule has 0 N–H and O–H groups in total. The van der Waals surface area contributed by atoms with E-state index in [1.165, 1.54) is 14.2 Å². The molecule has 2 rings (SSSR count). The van der Waals surface area contributed by atoms with Crippen molar-refractivity contribution in [1.29, 1.82) is 0 Å². The smallest absolute Gasteiger partial charge is 0.324 e. The number of rotatable bonds is 7. The zero-order chi connectivity index (χ0) is 18.0. The van der Waals surface area contributed by atoms with Crippen LogP contribution in [0.4, 0.5) is 0 Å². The van der Waals surface area contributed by atoms with E-state index in [-0.39, 0.29) is 0 Å². The number of ether oxygens (including phenoxy) is 3. The van der Waals surface area contributed by atoms with Gasteiger partial charge < -0.3 is 14.2 Å². The second-order valence-electron chi connectivity index (χ2n) is 6.10. The molecule has 0 saturated heterocycles. The van der Waals surface area contributed by atoms with Crippen molar-refractivity contribution < 1.29 is 23.8 Å². The second-order valence-corrected chi connectivity index (χ2v) is 6.10. The Morgan fingerprint density at radius 2 is 1.62 bits per heavy atom. The lowest BCUT2D eigenvalue weighted by atomic mass is 9.79. The highest BCUT2D eigenvalue weighted by Gasteiger charge is 2.78. The molecule has 0 aliphatic heterocycles. The largest absolute Gasteiger partial charge is 0.497 e. The van der Waals surface area contributed by atoms with Crippen LogP contribution in [0.3, 0.4) is 0 Å². The first kappa shape index (κ1) is 18.0. The van der Waals surface area contributed by atoms with Gasteiger partial charge in [-0.1, -0.05) is 32.1 Å². The van der Waals surface area contributed by atoms with Crippen molar-refractivity contribution in [3.63, 3.8) is 0 Å². The molecular weight excluding hydrogens is 308 g/mol. The molecule has 1 aromatic rings. The third-order valence-corrected chi connectivity index (χ3v) is 5.02. The van der Waals surface area contributed by atoms with Gasteiger partial charge in [-0.25, -0.2) is 0 Å². The lowest BCUT2D eigenvalue weighted by molar-refractivity contribution is -0.163. The van der Waals surface area contributed by atoms with Gasteiger partial charge in [-0.2, -0.15) is 0 Å². The van der Waals surface area contributed by atoms with E-state index in [9.17, 15) is 9.59 Å². The van der Waals surface area contributed by atoms with Gasteiger partial charge in [-0.15, -0.1) is 0 Å². The molecule has 0 radical (unpaired) electrons. The summed E-state index contributed by atoms with van der Waals surface area (Å²) >= 11 is 0. The number of benzene rings is 1. The highest BCUT2D eigenvalue weighted by Crippen LogP contribution is 2.72. The summed E-state index contributed by atoms with van der Waals surface area (Å²) in [5, 5.41) is 0. The summed E-state index contributed by atoms with van der Waals surface area (Å²) in [5.41, 5.74) is -0.346. The van der Waals surface area contributed by atoms with E-state index in [2.05, 4.69) is 6.58 Å². The molecule has 1 aliphatic carbocycles. The van der Waals surface area contributed by atoms with E-state index in [0.717, 1.165) is 23.3 Å². The summed E-state index contributed by atoms with van der Waals surface area (Å²) < 4.78 is 15.0. The highest BCUT2D eigenvalue weighted by molar-refractivity contribution is 6.08. The molecule has 5 heteroatoms. The van der Waals surface area contributed by atoms with Crippen LogP contribution in [-0.2, 0) is 19.1 Å². The van der Waals surface area contributed by atoms with E-state index in [1.807, 2.05) is 31.2 Å². The average Bonchev–Trinajstić information content (AvgIpc) is 3.31. The number of hydrogen-bond acceptors (Lipinski definition) is 5. The molecule has 1 aromatic carbocycles. The van der Waals surface area contributed by atoms with E-state index >= 15 is 0 Å². The van der Waals surface area contributed by atoms with Crippen LogP contribution in [0.2, 0.25) is 0 Å². The maximum absolute atomic E-state index is 12.4. The van der Waals surface area contributed by atoms with Gasteiger partial charge in [0.25, 0.3) is 0 Å². The molecule has 0 spiro atoms. The van der Waals surface area contributed by atoms with Crippen LogP contribution in [0, 0.1) is 10.8 Å². The Hall–Kier alpha value is -2.30. The standard InChI is InChI=1S/C19H24O5/c1-6-11-18(12-19(18,16(20)23-4)17(21)24-5)13(2)14-7-9-15(22-3)10-8-14/h7-10H,2,6,11-12H2,1,3-5H3. The number of carbonyl (C=O) groups is 2.